The van der Waals surface area contributed by atoms with Crippen LogP contribution in [0.5, 0.6) is 0 Å². The third-order valence-electron chi connectivity index (χ3n) is 7.79. The molecule has 4 nitrogen and oxygen atoms in total. The van der Waals surface area contributed by atoms with Crippen LogP contribution in [-0.4, -0.2) is 19.6 Å². The van der Waals surface area contributed by atoms with Crippen molar-refractivity contribution in [2.75, 3.05) is 18.0 Å². The molecule has 1 aliphatic rings. The molecule has 0 saturated carbocycles. The molecule has 4 heteroatoms. The molecule has 37 heavy (non-hydrogen) atoms. The van der Waals surface area contributed by atoms with Gasteiger partial charge in [-0.05, 0) is 71.7 Å². The Kier molecular flexibility index (Phi) is 10.8. The summed E-state index contributed by atoms with van der Waals surface area (Å²) in [6.45, 7) is 11.6. The number of carbonyl (C=O) groups is 1. The Morgan fingerprint density at radius 2 is 1.43 bits per heavy atom. The highest BCUT2D eigenvalue weighted by molar-refractivity contribution is 5.84. The fraction of sp³-hybridized carbons (Fsp3) is 0.515. The molecule has 0 radical (unpaired) electrons. The molecule has 198 valence electrons. The van der Waals surface area contributed by atoms with E-state index in [9.17, 15) is 10.1 Å². The number of fused-ring (bicyclic) bond motifs is 3. The normalized spacial score (nSPS) is 13.5. The number of nitrogens with zero attached hydrogens (tertiary/aromatic N) is 2. The van der Waals surface area contributed by atoms with Gasteiger partial charge in [-0.1, -0.05) is 90.5 Å². The Balaban J connectivity index is 2.18. The van der Waals surface area contributed by atoms with Crippen LogP contribution in [0.1, 0.15) is 109 Å². The van der Waals surface area contributed by atoms with Crippen LogP contribution in [0, 0.1) is 11.3 Å². The standard InChI is InChI=1S/C33H44N2O2/c1-5-9-17-33(18-10-6-2)31-22-26(21-28(24-34)37-25-36)13-15-29(31)30-16-14-27(23-32(30)33)35(19-11-7-3)20-12-8-4/h13-16,21-23,25H,5-12,17-20H2,1-4H3. The maximum atomic E-state index is 10.8. The number of allylic oxidation sites excluding steroid dienone is 1. The highest BCUT2D eigenvalue weighted by atomic mass is 16.5. The van der Waals surface area contributed by atoms with Crippen LogP contribution in [-0.2, 0) is 14.9 Å². The number of anilines is 1. The molecular formula is C33H44N2O2. The van der Waals surface area contributed by atoms with Gasteiger partial charge < -0.3 is 9.64 Å². The maximum Gasteiger partial charge on any atom is 0.299 e. The first-order chi connectivity index (χ1) is 18.1. The van der Waals surface area contributed by atoms with Gasteiger partial charge in [-0.15, -0.1) is 0 Å². The highest BCUT2D eigenvalue weighted by Crippen LogP contribution is 2.55. The fourth-order valence-corrected chi connectivity index (χ4v) is 5.77. The van der Waals surface area contributed by atoms with Gasteiger partial charge in [0.05, 0.1) is 0 Å². The molecule has 2 aromatic carbocycles. The minimum atomic E-state index is -0.0456. The van der Waals surface area contributed by atoms with Crippen molar-refractivity contribution in [3.8, 4) is 17.2 Å². The van der Waals surface area contributed by atoms with Crippen molar-refractivity contribution < 1.29 is 9.53 Å². The highest BCUT2D eigenvalue weighted by Gasteiger charge is 2.42. The van der Waals surface area contributed by atoms with Crippen molar-refractivity contribution >= 4 is 18.2 Å². The summed E-state index contributed by atoms with van der Waals surface area (Å²) in [5.74, 6) is 0.0166. The number of ether oxygens (including phenoxy) is 1. The Bertz CT molecular complexity index is 1100. The average molecular weight is 501 g/mol. The van der Waals surface area contributed by atoms with Gasteiger partial charge in [-0.25, -0.2) is 0 Å². The van der Waals surface area contributed by atoms with E-state index in [4.69, 9.17) is 4.74 Å². The predicted molar refractivity (Wildman–Crippen MR) is 154 cm³/mol. The van der Waals surface area contributed by atoms with Crippen LogP contribution in [0.4, 0.5) is 5.69 Å². The predicted octanol–water partition coefficient (Wildman–Crippen LogP) is 8.78. The molecular weight excluding hydrogens is 456 g/mol. The van der Waals surface area contributed by atoms with Crippen LogP contribution in [0.15, 0.2) is 42.2 Å². The van der Waals surface area contributed by atoms with E-state index in [2.05, 4.69) is 62.9 Å². The zero-order valence-electron chi connectivity index (χ0n) is 23.3. The average Bonchev–Trinajstić information content (AvgIpc) is 3.19. The first-order valence-corrected chi connectivity index (χ1v) is 14.3. The van der Waals surface area contributed by atoms with Crippen molar-refractivity contribution in [2.24, 2.45) is 0 Å². The SMILES string of the molecule is CCCCN(CCCC)c1ccc2c(c1)C(CCCC)(CCCC)c1cc(C=C(C#N)OC=O)ccc1-2. The summed E-state index contributed by atoms with van der Waals surface area (Å²) in [4.78, 5) is 13.4. The molecule has 0 aliphatic heterocycles. The lowest BCUT2D eigenvalue weighted by atomic mass is 9.70. The lowest BCUT2D eigenvalue weighted by molar-refractivity contribution is -0.124. The van der Waals surface area contributed by atoms with Crippen molar-refractivity contribution in [1.82, 2.24) is 0 Å². The molecule has 0 heterocycles. The van der Waals surface area contributed by atoms with Crippen molar-refractivity contribution in [3.05, 3.63) is 58.8 Å². The minimum absolute atomic E-state index is 0.0166. The molecule has 0 unspecified atom stereocenters. The molecule has 0 spiro atoms. The summed E-state index contributed by atoms with van der Waals surface area (Å²) < 4.78 is 4.88. The number of benzene rings is 2. The van der Waals surface area contributed by atoms with E-state index in [1.807, 2.05) is 12.1 Å². The third kappa shape index (κ3) is 6.45. The Labute approximate surface area is 224 Å². The van der Waals surface area contributed by atoms with Gasteiger partial charge in [0.15, 0.2) is 0 Å². The second-order valence-electron chi connectivity index (χ2n) is 10.4. The van der Waals surface area contributed by atoms with E-state index >= 15 is 0 Å². The number of carbonyl (C=O) groups excluding carboxylic acids is 1. The van der Waals surface area contributed by atoms with Crippen LogP contribution in [0.2, 0.25) is 0 Å². The van der Waals surface area contributed by atoms with Gasteiger partial charge in [0.25, 0.3) is 6.47 Å². The number of hydrogen-bond donors (Lipinski definition) is 0. The van der Waals surface area contributed by atoms with Gasteiger partial charge in [-0.2, -0.15) is 5.26 Å². The second-order valence-corrected chi connectivity index (χ2v) is 10.4. The smallest absolute Gasteiger partial charge is 0.299 e. The van der Waals surface area contributed by atoms with Crippen molar-refractivity contribution in [3.63, 3.8) is 0 Å². The lowest BCUT2D eigenvalue weighted by Gasteiger charge is -2.34. The third-order valence-corrected chi connectivity index (χ3v) is 7.79. The van der Waals surface area contributed by atoms with Gasteiger partial charge in [0, 0.05) is 24.2 Å². The number of nitriles is 1. The van der Waals surface area contributed by atoms with Crippen molar-refractivity contribution in [2.45, 2.75) is 97.3 Å². The zero-order chi connectivity index (χ0) is 26.7. The fourth-order valence-electron chi connectivity index (χ4n) is 5.77. The topological polar surface area (TPSA) is 53.3 Å². The summed E-state index contributed by atoms with van der Waals surface area (Å²) in [5, 5.41) is 9.39. The molecule has 0 aromatic heterocycles. The summed E-state index contributed by atoms with van der Waals surface area (Å²) in [6, 6.07) is 15.6. The molecule has 0 N–H and O–H groups in total. The van der Waals surface area contributed by atoms with E-state index in [0.29, 0.717) is 6.47 Å². The molecule has 0 atom stereocenters. The van der Waals surface area contributed by atoms with Crippen LogP contribution in [0.25, 0.3) is 17.2 Å². The van der Waals surface area contributed by atoms with E-state index < -0.39 is 0 Å². The molecule has 0 bridgehead atoms. The monoisotopic (exact) mass is 500 g/mol. The molecule has 2 aromatic rings. The number of hydrogen-bond acceptors (Lipinski definition) is 4. The quantitative estimate of drug-likeness (QED) is 0.131. The van der Waals surface area contributed by atoms with E-state index in [1.165, 1.54) is 66.5 Å². The van der Waals surface area contributed by atoms with E-state index in [1.54, 1.807) is 6.08 Å². The van der Waals surface area contributed by atoms with Gasteiger partial charge in [-0.3, -0.25) is 4.79 Å². The Morgan fingerprint density at radius 3 is 1.97 bits per heavy atom. The zero-order valence-corrected chi connectivity index (χ0v) is 23.3. The molecule has 3 rings (SSSR count). The summed E-state index contributed by atoms with van der Waals surface area (Å²) >= 11 is 0. The van der Waals surface area contributed by atoms with Gasteiger partial charge >= 0.3 is 0 Å². The van der Waals surface area contributed by atoms with Crippen molar-refractivity contribution in [1.29, 1.82) is 5.26 Å². The molecule has 0 fully saturated rings. The molecule has 0 amide bonds. The maximum absolute atomic E-state index is 10.8. The lowest BCUT2D eigenvalue weighted by Crippen LogP contribution is -2.28. The summed E-state index contributed by atoms with van der Waals surface area (Å²) in [5.41, 5.74) is 7.66. The number of rotatable bonds is 16. The van der Waals surface area contributed by atoms with Crippen LogP contribution < -0.4 is 4.90 Å². The van der Waals surface area contributed by atoms with Crippen LogP contribution >= 0.6 is 0 Å². The minimum Gasteiger partial charge on any atom is -0.417 e. The van der Waals surface area contributed by atoms with Gasteiger partial charge in [0.2, 0.25) is 5.76 Å². The molecule has 0 saturated heterocycles. The van der Waals surface area contributed by atoms with Gasteiger partial charge in [0.1, 0.15) is 6.07 Å². The van der Waals surface area contributed by atoms with Crippen LogP contribution in [0.3, 0.4) is 0 Å². The first kappa shape index (κ1) is 28.5. The summed E-state index contributed by atoms with van der Waals surface area (Å²) in [6.07, 6.45) is 13.3. The van der Waals surface area contributed by atoms with E-state index in [-0.39, 0.29) is 11.2 Å². The molecule has 1 aliphatic carbocycles. The largest absolute Gasteiger partial charge is 0.417 e. The Morgan fingerprint density at radius 1 is 0.865 bits per heavy atom. The van der Waals surface area contributed by atoms with E-state index in [0.717, 1.165) is 44.3 Å². The Hall–Kier alpha value is -3.06. The summed E-state index contributed by atoms with van der Waals surface area (Å²) in [7, 11) is 0. The first-order valence-electron chi connectivity index (χ1n) is 14.3. The number of unbranched alkanes of at least 4 members (excludes halogenated alkanes) is 4. The second kappa shape index (κ2) is 14.0.